The van der Waals surface area contributed by atoms with Gasteiger partial charge in [0.2, 0.25) is 5.95 Å². The minimum Gasteiger partial charge on any atom is -0.390 e. The van der Waals surface area contributed by atoms with Gasteiger partial charge < -0.3 is 20.5 Å². The molecule has 2 aliphatic carbocycles. The number of aromatic nitrogens is 3. The molecule has 2 saturated carbocycles. The summed E-state index contributed by atoms with van der Waals surface area (Å²) in [5.41, 5.74) is 3.28. The number of aliphatic hydroxyl groups is 1. The van der Waals surface area contributed by atoms with Crippen molar-refractivity contribution in [3.8, 4) is 0 Å². The molecule has 0 amide bonds. The highest BCUT2D eigenvalue weighted by Crippen LogP contribution is 2.46. The summed E-state index contributed by atoms with van der Waals surface area (Å²) in [7, 11) is 0. The number of nitrogens with one attached hydrogen (secondary N) is 2. The van der Waals surface area contributed by atoms with E-state index in [9.17, 15) is 5.11 Å². The van der Waals surface area contributed by atoms with Crippen molar-refractivity contribution in [1.29, 1.82) is 0 Å². The van der Waals surface area contributed by atoms with Gasteiger partial charge in [0.05, 0.1) is 23.6 Å². The largest absolute Gasteiger partial charge is 0.390 e. The Morgan fingerprint density at radius 2 is 2.00 bits per heavy atom. The molecule has 208 valence electrons. The first-order valence-corrected chi connectivity index (χ1v) is 15.0. The molecule has 4 rings (SSSR count). The van der Waals surface area contributed by atoms with Crippen molar-refractivity contribution in [3.63, 3.8) is 0 Å². The molecule has 3 N–H and O–H groups in total. The maximum Gasteiger partial charge on any atom is 0.224 e. The van der Waals surface area contributed by atoms with Gasteiger partial charge >= 0.3 is 0 Å². The Balaban J connectivity index is 1.46. The summed E-state index contributed by atoms with van der Waals surface area (Å²) in [6.07, 6.45) is 8.60. The highest BCUT2D eigenvalue weighted by Gasteiger charge is 2.29. The lowest BCUT2D eigenvalue weighted by Gasteiger charge is -2.28. The smallest absolute Gasteiger partial charge is 0.224 e. The zero-order valence-corrected chi connectivity index (χ0v) is 24.2. The lowest BCUT2D eigenvalue weighted by atomic mass is 9.86. The summed E-state index contributed by atoms with van der Waals surface area (Å²) < 4.78 is 5.76. The van der Waals surface area contributed by atoms with E-state index < -0.39 is 5.60 Å². The van der Waals surface area contributed by atoms with Gasteiger partial charge in [-0.2, -0.15) is 4.98 Å². The van der Waals surface area contributed by atoms with Gasteiger partial charge in [-0.3, -0.25) is 9.98 Å². The highest BCUT2D eigenvalue weighted by atomic mass is 32.2. The lowest BCUT2D eigenvalue weighted by Crippen LogP contribution is -2.32. The number of hydrogen-bond donors (Lipinski definition) is 3. The number of thioether (sulfide) groups is 1. The summed E-state index contributed by atoms with van der Waals surface area (Å²) in [5, 5.41) is 17.4. The summed E-state index contributed by atoms with van der Waals surface area (Å²) >= 11 is 1.73. The van der Waals surface area contributed by atoms with Crippen LogP contribution in [0.25, 0.3) is 0 Å². The maximum atomic E-state index is 10.5. The molecule has 0 aliphatic heterocycles. The van der Waals surface area contributed by atoms with Crippen LogP contribution in [0, 0.1) is 18.8 Å². The molecule has 1 unspecified atom stereocenters. The van der Waals surface area contributed by atoms with Gasteiger partial charge in [0.1, 0.15) is 5.82 Å². The van der Waals surface area contributed by atoms with Crippen LogP contribution in [-0.4, -0.2) is 58.7 Å². The van der Waals surface area contributed by atoms with Crippen LogP contribution < -0.4 is 10.6 Å². The number of hydrogen-bond acceptors (Lipinski definition) is 9. The molecule has 38 heavy (non-hydrogen) atoms. The topological polar surface area (TPSA) is 105 Å². The van der Waals surface area contributed by atoms with E-state index in [1.807, 2.05) is 33.0 Å². The summed E-state index contributed by atoms with van der Waals surface area (Å²) in [6, 6.07) is 2.02. The molecule has 0 radical (unpaired) electrons. The first-order chi connectivity index (χ1) is 18.3. The first kappa shape index (κ1) is 28.8. The van der Waals surface area contributed by atoms with Crippen molar-refractivity contribution in [2.45, 2.75) is 88.4 Å². The summed E-state index contributed by atoms with van der Waals surface area (Å²) in [5.74, 6) is 3.63. The van der Waals surface area contributed by atoms with E-state index in [0.29, 0.717) is 30.8 Å². The second-order valence-corrected chi connectivity index (χ2v) is 12.2. The number of rotatable bonds is 17. The normalized spacial score (nSPS) is 16.3. The second-order valence-electron chi connectivity index (χ2n) is 11.1. The third-order valence-corrected chi connectivity index (χ3v) is 8.55. The Morgan fingerprint density at radius 3 is 2.66 bits per heavy atom. The molecule has 8 nitrogen and oxygen atoms in total. The number of aliphatic imine (C=N–C) groups is 1. The predicted molar refractivity (Wildman–Crippen MR) is 157 cm³/mol. The quantitative estimate of drug-likeness (QED) is 0.125. The van der Waals surface area contributed by atoms with E-state index >= 15 is 0 Å². The number of anilines is 2. The Hall–Kier alpha value is -2.23. The number of pyridine rings is 1. The van der Waals surface area contributed by atoms with Crippen molar-refractivity contribution in [2.75, 3.05) is 36.9 Å². The molecule has 1 atom stereocenters. The van der Waals surface area contributed by atoms with E-state index in [1.54, 1.807) is 11.8 Å². The van der Waals surface area contributed by atoms with Gasteiger partial charge in [0, 0.05) is 53.7 Å². The molecule has 0 saturated heterocycles. The Labute approximate surface area is 231 Å². The number of ether oxygens (including phenoxy) is 1. The van der Waals surface area contributed by atoms with Crippen LogP contribution in [0.15, 0.2) is 22.2 Å². The van der Waals surface area contributed by atoms with Gasteiger partial charge in [-0.15, -0.1) is 11.8 Å². The number of aryl methyl sites for hydroxylation is 1. The molecule has 2 aliphatic rings. The molecule has 0 bridgehead atoms. The van der Waals surface area contributed by atoms with Gasteiger partial charge in [-0.05, 0) is 77.5 Å². The molecular weight excluding hydrogens is 496 g/mol. The Morgan fingerprint density at radius 1 is 1.21 bits per heavy atom. The van der Waals surface area contributed by atoms with Crippen LogP contribution in [0.1, 0.15) is 82.2 Å². The molecule has 2 aromatic rings. The van der Waals surface area contributed by atoms with E-state index in [0.717, 1.165) is 65.3 Å². The van der Waals surface area contributed by atoms with Crippen molar-refractivity contribution in [2.24, 2.45) is 16.8 Å². The average molecular weight is 541 g/mol. The van der Waals surface area contributed by atoms with Gasteiger partial charge in [-0.25, -0.2) is 4.98 Å². The Kier molecular flexibility index (Phi) is 10.0. The third-order valence-electron chi connectivity index (χ3n) is 7.48. The minimum atomic E-state index is -0.710. The van der Waals surface area contributed by atoms with Gasteiger partial charge in [0.25, 0.3) is 0 Å². The zero-order valence-electron chi connectivity index (χ0n) is 23.4. The van der Waals surface area contributed by atoms with E-state index in [2.05, 4.69) is 34.3 Å². The van der Waals surface area contributed by atoms with Crippen LogP contribution >= 0.6 is 11.8 Å². The maximum absolute atomic E-state index is 10.5. The monoisotopic (exact) mass is 540 g/mol. The van der Waals surface area contributed by atoms with Crippen molar-refractivity contribution < 1.29 is 9.84 Å². The fraction of sp³-hybridized carbons (Fsp3) is 0.655. The molecule has 2 fully saturated rings. The van der Waals surface area contributed by atoms with Gasteiger partial charge in [0.15, 0.2) is 0 Å². The first-order valence-electron chi connectivity index (χ1n) is 14.0. The average Bonchev–Trinajstić information content (AvgIpc) is 3.79. The van der Waals surface area contributed by atoms with Crippen molar-refractivity contribution in [1.82, 2.24) is 15.0 Å². The molecule has 9 heteroatoms. The SMILES string of the molecule is C=Nc1c(SCc2c(C)nc(NCCOCC3CC3)nc2NCCC(CC)C(C)(C)O)ccnc1C1CC1. The van der Waals surface area contributed by atoms with Gasteiger partial charge in [-0.1, -0.05) is 13.3 Å². The second kappa shape index (κ2) is 13.2. The van der Waals surface area contributed by atoms with Crippen LogP contribution in [0.5, 0.6) is 0 Å². The predicted octanol–water partition coefficient (Wildman–Crippen LogP) is 6.12. The van der Waals surface area contributed by atoms with E-state index in [-0.39, 0.29) is 5.92 Å². The van der Waals surface area contributed by atoms with Crippen molar-refractivity contribution >= 4 is 35.9 Å². The standard InChI is InChI=1S/C29H44N6O2S/c1-6-22(29(3,4)36)11-13-32-27-23(18-38-24-12-14-31-25(21-9-10-21)26(24)30-5)19(2)34-28(35-27)33-15-16-37-17-20-7-8-20/h12,14,20-22,36H,5-11,13,15-18H2,1-4H3,(H2,32,33,34,35). The fourth-order valence-electron chi connectivity index (χ4n) is 4.72. The fourth-order valence-corrected chi connectivity index (χ4v) is 5.83. The zero-order chi connectivity index (χ0) is 27.1. The highest BCUT2D eigenvalue weighted by molar-refractivity contribution is 7.98. The lowest BCUT2D eigenvalue weighted by molar-refractivity contribution is 0.0130. The summed E-state index contributed by atoms with van der Waals surface area (Å²) in [6.45, 7) is 14.7. The van der Waals surface area contributed by atoms with Crippen LogP contribution in [0.4, 0.5) is 17.5 Å². The van der Waals surface area contributed by atoms with Crippen molar-refractivity contribution in [3.05, 3.63) is 29.2 Å². The number of nitrogens with zero attached hydrogens (tertiary/aromatic N) is 4. The molecule has 2 aromatic heterocycles. The Bertz CT molecular complexity index is 1080. The van der Waals surface area contributed by atoms with Crippen LogP contribution in [0.3, 0.4) is 0 Å². The van der Waals surface area contributed by atoms with E-state index in [1.165, 1.54) is 25.7 Å². The summed E-state index contributed by atoms with van der Waals surface area (Å²) in [4.78, 5) is 19.7. The van der Waals surface area contributed by atoms with E-state index in [4.69, 9.17) is 14.7 Å². The molecule has 2 heterocycles. The van der Waals surface area contributed by atoms with Crippen LogP contribution in [0.2, 0.25) is 0 Å². The molecule has 0 aromatic carbocycles. The molecule has 0 spiro atoms. The third kappa shape index (κ3) is 8.13. The minimum absolute atomic E-state index is 0.204. The van der Waals surface area contributed by atoms with Crippen LogP contribution in [-0.2, 0) is 10.5 Å². The molecular formula is C29H44N6O2S.